The van der Waals surface area contributed by atoms with Crippen molar-refractivity contribution in [2.45, 2.75) is 110 Å². The van der Waals surface area contributed by atoms with Crippen LogP contribution in [0, 0.1) is 53.3 Å². The van der Waals surface area contributed by atoms with Gasteiger partial charge in [0.15, 0.2) is 0 Å². The Labute approximate surface area is 175 Å². The molecule has 0 aromatic heterocycles. The van der Waals surface area contributed by atoms with Crippen molar-refractivity contribution in [2.24, 2.45) is 53.3 Å². The molecular weight excluding hydrogens is 336 g/mol. The van der Waals surface area contributed by atoms with Crippen molar-refractivity contribution in [2.75, 3.05) is 0 Å². The summed E-state index contributed by atoms with van der Waals surface area (Å²) in [5.74, 6) is 9.25. The highest BCUT2D eigenvalue weighted by Crippen LogP contribution is 2.61. The van der Waals surface area contributed by atoms with Gasteiger partial charge in [0.2, 0.25) is 0 Å². The zero-order valence-electron chi connectivity index (χ0n) is 18.9. The van der Waals surface area contributed by atoms with E-state index in [-0.39, 0.29) is 0 Å². The van der Waals surface area contributed by atoms with Crippen LogP contribution in [0.15, 0.2) is 11.6 Å². The third-order valence-electron chi connectivity index (χ3n) is 10.3. The summed E-state index contributed by atoms with van der Waals surface area (Å²) < 4.78 is 0. The molecule has 0 heteroatoms. The summed E-state index contributed by atoms with van der Waals surface area (Å²) >= 11 is 0. The van der Waals surface area contributed by atoms with Crippen molar-refractivity contribution >= 4 is 0 Å². The SMILES string of the molecule is CC1CCC(C2C3CC(C)CC=C3C(C3CCCCC3)C3CCCCC32)CC1. The van der Waals surface area contributed by atoms with E-state index in [0.29, 0.717) is 0 Å². The second-order valence-corrected chi connectivity index (χ2v) is 12.0. The molecule has 5 rings (SSSR count). The summed E-state index contributed by atoms with van der Waals surface area (Å²) in [6.07, 6.45) is 25.8. The van der Waals surface area contributed by atoms with Crippen LogP contribution in [-0.4, -0.2) is 0 Å². The largest absolute Gasteiger partial charge is 0.0845 e. The summed E-state index contributed by atoms with van der Waals surface area (Å²) in [5, 5.41) is 0. The van der Waals surface area contributed by atoms with Crippen LogP contribution >= 0.6 is 0 Å². The Balaban J connectivity index is 1.49. The minimum Gasteiger partial charge on any atom is -0.0845 e. The van der Waals surface area contributed by atoms with E-state index in [4.69, 9.17) is 0 Å². The van der Waals surface area contributed by atoms with Crippen LogP contribution in [0.3, 0.4) is 0 Å². The fourth-order valence-corrected chi connectivity index (χ4v) is 9.04. The van der Waals surface area contributed by atoms with Crippen LogP contribution in [0.2, 0.25) is 0 Å². The van der Waals surface area contributed by atoms with Crippen molar-refractivity contribution in [3.63, 3.8) is 0 Å². The second-order valence-electron chi connectivity index (χ2n) is 12.0. The highest BCUT2D eigenvalue weighted by atomic mass is 14.6. The van der Waals surface area contributed by atoms with Crippen LogP contribution in [0.1, 0.15) is 110 Å². The third-order valence-corrected chi connectivity index (χ3v) is 10.3. The van der Waals surface area contributed by atoms with Gasteiger partial charge in [-0.2, -0.15) is 0 Å². The third kappa shape index (κ3) is 3.65. The molecule has 0 N–H and O–H groups in total. The first-order valence-corrected chi connectivity index (χ1v) is 13.4. The van der Waals surface area contributed by atoms with Gasteiger partial charge in [-0.05, 0) is 105 Å². The van der Waals surface area contributed by atoms with E-state index in [1.807, 2.05) is 5.57 Å². The van der Waals surface area contributed by atoms with Crippen LogP contribution in [0.5, 0.6) is 0 Å². The molecule has 0 nitrogen and oxygen atoms in total. The van der Waals surface area contributed by atoms with Crippen LogP contribution < -0.4 is 0 Å². The molecule has 0 saturated heterocycles. The minimum atomic E-state index is 0.936. The molecule has 5 aliphatic rings. The van der Waals surface area contributed by atoms with E-state index >= 15 is 0 Å². The first-order valence-electron chi connectivity index (χ1n) is 13.4. The predicted molar refractivity (Wildman–Crippen MR) is 120 cm³/mol. The number of allylic oxidation sites excluding steroid dienone is 2. The van der Waals surface area contributed by atoms with Crippen LogP contribution in [-0.2, 0) is 0 Å². The summed E-state index contributed by atoms with van der Waals surface area (Å²) in [7, 11) is 0. The number of rotatable bonds is 2. The highest BCUT2D eigenvalue weighted by molar-refractivity contribution is 5.23. The topological polar surface area (TPSA) is 0 Å². The first-order chi connectivity index (χ1) is 13.7. The molecule has 4 fully saturated rings. The van der Waals surface area contributed by atoms with Crippen molar-refractivity contribution in [1.82, 2.24) is 0 Å². The lowest BCUT2D eigenvalue weighted by Gasteiger charge is -2.58. The maximum Gasteiger partial charge on any atom is -0.0141 e. The summed E-state index contributed by atoms with van der Waals surface area (Å²) in [4.78, 5) is 0. The van der Waals surface area contributed by atoms with Crippen molar-refractivity contribution in [1.29, 1.82) is 0 Å². The van der Waals surface area contributed by atoms with Gasteiger partial charge in [0.25, 0.3) is 0 Å². The maximum absolute atomic E-state index is 2.83. The lowest BCUT2D eigenvalue weighted by Crippen LogP contribution is -2.50. The molecule has 0 radical (unpaired) electrons. The summed E-state index contributed by atoms with van der Waals surface area (Å²) in [6.45, 7) is 5.06. The van der Waals surface area contributed by atoms with Gasteiger partial charge in [0.1, 0.15) is 0 Å². The first kappa shape index (κ1) is 19.7. The molecule has 158 valence electrons. The predicted octanol–water partition coefficient (Wildman–Crippen LogP) is 8.42. The zero-order valence-corrected chi connectivity index (χ0v) is 18.9. The standard InChI is InChI=1S/C28H46/c1-19-12-15-22(16-13-19)28-24-11-7-6-10-23(24)27(21-8-4-3-5-9-21)25-17-14-20(2)18-26(25)28/h17,19-24,26-28H,3-16,18H2,1-2H3. The Bertz CT molecular complexity index is 544. The van der Waals surface area contributed by atoms with Gasteiger partial charge in [-0.25, -0.2) is 0 Å². The zero-order chi connectivity index (χ0) is 19.1. The normalized spacial score (nSPS) is 47.7. The fraction of sp³-hybridized carbons (Fsp3) is 0.929. The number of fused-ring (bicyclic) bond motifs is 2. The monoisotopic (exact) mass is 382 g/mol. The van der Waals surface area contributed by atoms with E-state index < -0.39 is 0 Å². The van der Waals surface area contributed by atoms with Gasteiger partial charge in [0, 0.05) is 0 Å². The van der Waals surface area contributed by atoms with E-state index in [0.717, 1.165) is 53.3 Å². The molecule has 0 aromatic carbocycles. The van der Waals surface area contributed by atoms with Gasteiger partial charge < -0.3 is 0 Å². The Morgan fingerprint density at radius 3 is 2.07 bits per heavy atom. The number of hydrogen-bond acceptors (Lipinski definition) is 0. The Hall–Kier alpha value is -0.260. The maximum atomic E-state index is 2.83. The number of hydrogen-bond donors (Lipinski definition) is 0. The molecule has 0 heterocycles. The summed E-state index contributed by atoms with van der Waals surface area (Å²) in [5.41, 5.74) is 2.04. The molecule has 5 aliphatic carbocycles. The fourth-order valence-electron chi connectivity index (χ4n) is 9.04. The van der Waals surface area contributed by atoms with Gasteiger partial charge in [-0.15, -0.1) is 0 Å². The molecule has 6 unspecified atom stereocenters. The molecule has 28 heavy (non-hydrogen) atoms. The highest BCUT2D eigenvalue weighted by Gasteiger charge is 2.52. The molecule has 4 saturated carbocycles. The molecule has 0 aliphatic heterocycles. The molecule has 6 atom stereocenters. The minimum absolute atomic E-state index is 0.936. The van der Waals surface area contributed by atoms with Crippen LogP contribution in [0.25, 0.3) is 0 Å². The molecule has 0 bridgehead atoms. The van der Waals surface area contributed by atoms with Crippen molar-refractivity contribution in [3.8, 4) is 0 Å². The molecular formula is C28H46. The van der Waals surface area contributed by atoms with Gasteiger partial charge in [-0.3, -0.25) is 0 Å². The quantitative estimate of drug-likeness (QED) is 0.420. The molecule has 0 amide bonds. The van der Waals surface area contributed by atoms with Gasteiger partial charge in [0.05, 0.1) is 0 Å². The summed E-state index contributed by atoms with van der Waals surface area (Å²) in [6, 6.07) is 0. The Morgan fingerprint density at radius 2 is 1.32 bits per heavy atom. The van der Waals surface area contributed by atoms with E-state index in [9.17, 15) is 0 Å². The van der Waals surface area contributed by atoms with Gasteiger partial charge in [-0.1, -0.05) is 70.4 Å². The molecule has 0 aromatic rings. The lowest BCUT2D eigenvalue weighted by molar-refractivity contribution is -0.0286. The average molecular weight is 383 g/mol. The van der Waals surface area contributed by atoms with E-state index in [1.54, 1.807) is 44.9 Å². The Kier molecular flexibility index (Phi) is 5.95. The molecule has 0 spiro atoms. The smallest absolute Gasteiger partial charge is 0.0141 e. The van der Waals surface area contributed by atoms with E-state index in [2.05, 4.69) is 19.9 Å². The average Bonchev–Trinajstić information content (AvgIpc) is 2.73. The van der Waals surface area contributed by atoms with Crippen molar-refractivity contribution < 1.29 is 0 Å². The van der Waals surface area contributed by atoms with E-state index in [1.165, 1.54) is 51.4 Å². The van der Waals surface area contributed by atoms with Crippen LogP contribution in [0.4, 0.5) is 0 Å². The lowest BCUT2D eigenvalue weighted by atomic mass is 9.47. The van der Waals surface area contributed by atoms with Gasteiger partial charge >= 0.3 is 0 Å². The Morgan fingerprint density at radius 1 is 0.643 bits per heavy atom. The van der Waals surface area contributed by atoms with Crippen molar-refractivity contribution in [3.05, 3.63) is 11.6 Å². The second kappa shape index (κ2) is 8.47.